The highest BCUT2D eigenvalue weighted by molar-refractivity contribution is 7.09. The summed E-state index contributed by atoms with van der Waals surface area (Å²) in [5.74, 6) is -0.266. The van der Waals surface area contributed by atoms with E-state index in [1.54, 1.807) is 23.7 Å². The molecule has 0 spiro atoms. The Hall–Kier alpha value is -2.25. The Kier molecular flexibility index (Phi) is 5.55. The van der Waals surface area contributed by atoms with Gasteiger partial charge in [-0.3, -0.25) is 9.88 Å². The van der Waals surface area contributed by atoms with Crippen LogP contribution in [0.2, 0.25) is 0 Å². The van der Waals surface area contributed by atoms with E-state index in [9.17, 15) is 4.79 Å². The average Bonchev–Trinajstić information content (AvgIpc) is 3.07. The third kappa shape index (κ3) is 4.87. The van der Waals surface area contributed by atoms with Gasteiger partial charge in [-0.2, -0.15) is 0 Å². The molecule has 1 aliphatic heterocycles. The van der Waals surface area contributed by atoms with Crippen molar-refractivity contribution in [1.82, 2.24) is 14.9 Å². The predicted octanol–water partition coefficient (Wildman–Crippen LogP) is 2.71. The quantitative estimate of drug-likeness (QED) is 0.785. The van der Waals surface area contributed by atoms with Crippen LogP contribution in [-0.4, -0.2) is 45.1 Å². The van der Waals surface area contributed by atoms with Crippen LogP contribution in [0.3, 0.4) is 0 Å². The van der Waals surface area contributed by atoms with Gasteiger partial charge in [0.2, 0.25) is 0 Å². The molecule has 0 unspecified atom stereocenters. The van der Waals surface area contributed by atoms with Gasteiger partial charge in [0.1, 0.15) is 5.82 Å². The summed E-state index contributed by atoms with van der Waals surface area (Å²) in [6.45, 7) is 3.11. The lowest BCUT2D eigenvalue weighted by Gasteiger charge is -2.33. The van der Waals surface area contributed by atoms with Gasteiger partial charge in [0.05, 0.1) is 18.1 Å². The largest absolute Gasteiger partial charge is 0.478 e. The van der Waals surface area contributed by atoms with Gasteiger partial charge in [0.25, 0.3) is 0 Å². The van der Waals surface area contributed by atoms with Crippen molar-refractivity contribution in [1.29, 1.82) is 0 Å². The van der Waals surface area contributed by atoms with Gasteiger partial charge < -0.3 is 10.4 Å². The van der Waals surface area contributed by atoms with Gasteiger partial charge in [-0.15, -0.1) is 11.3 Å². The number of carbonyl (C=O) groups is 1. The van der Waals surface area contributed by atoms with Crippen LogP contribution in [0.4, 0.5) is 5.82 Å². The summed E-state index contributed by atoms with van der Waals surface area (Å²) in [5.41, 5.74) is 0.533. The van der Waals surface area contributed by atoms with Gasteiger partial charge in [-0.1, -0.05) is 6.07 Å². The topological polar surface area (TPSA) is 78.3 Å². The molecule has 2 aromatic rings. The third-order valence-electron chi connectivity index (χ3n) is 3.89. The van der Waals surface area contributed by atoms with Crippen LogP contribution < -0.4 is 5.32 Å². The Morgan fingerprint density at radius 1 is 1.46 bits per heavy atom. The van der Waals surface area contributed by atoms with Crippen molar-refractivity contribution in [3.8, 4) is 0 Å². The molecule has 3 heterocycles. The van der Waals surface area contributed by atoms with E-state index in [-0.39, 0.29) is 0 Å². The van der Waals surface area contributed by atoms with Crippen LogP contribution in [0.25, 0.3) is 6.08 Å². The minimum Gasteiger partial charge on any atom is -0.478 e. The van der Waals surface area contributed by atoms with E-state index in [4.69, 9.17) is 5.11 Å². The number of likely N-dealkylation sites (tertiary alicyclic amines) is 1. The van der Waals surface area contributed by atoms with Crippen molar-refractivity contribution < 1.29 is 9.90 Å². The number of aromatic nitrogens is 2. The van der Waals surface area contributed by atoms with E-state index >= 15 is 0 Å². The molecule has 0 amide bonds. The number of nitrogens with zero attached hydrogens (tertiary/aromatic N) is 3. The van der Waals surface area contributed by atoms with E-state index in [0.29, 0.717) is 11.7 Å². The number of thiophene rings is 1. The SMILES string of the molecule is O=C(O)C=Cc1cnc(N[C@@H]2CCCN(Cc3cccs3)C2)cn1. The van der Waals surface area contributed by atoms with Crippen molar-refractivity contribution >= 4 is 29.2 Å². The zero-order valence-electron chi connectivity index (χ0n) is 13.3. The maximum Gasteiger partial charge on any atom is 0.328 e. The lowest BCUT2D eigenvalue weighted by atomic mass is 10.1. The van der Waals surface area contributed by atoms with E-state index in [1.165, 1.54) is 11.0 Å². The Morgan fingerprint density at radius 3 is 3.08 bits per heavy atom. The van der Waals surface area contributed by atoms with Crippen molar-refractivity contribution in [3.05, 3.63) is 46.6 Å². The third-order valence-corrected chi connectivity index (χ3v) is 4.75. The van der Waals surface area contributed by atoms with Crippen LogP contribution in [-0.2, 0) is 11.3 Å². The number of hydrogen-bond acceptors (Lipinski definition) is 6. The second-order valence-corrected chi connectivity index (χ2v) is 6.83. The molecule has 1 atom stereocenters. The molecule has 24 heavy (non-hydrogen) atoms. The highest BCUT2D eigenvalue weighted by Crippen LogP contribution is 2.18. The summed E-state index contributed by atoms with van der Waals surface area (Å²) in [5, 5.41) is 14.2. The molecule has 2 N–H and O–H groups in total. The molecule has 1 saturated heterocycles. The molecule has 0 saturated carbocycles. The van der Waals surface area contributed by atoms with Crippen LogP contribution in [0.15, 0.2) is 36.0 Å². The second kappa shape index (κ2) is 8.03. The van der Waals surface area contributed by atoms with E-state index < -0.39 is 5.97 Å². The minimum atomic E-state index is -0.993. The summed E-state index contributed by atoms with van der Waals surface area (Å²) in [6, 6.07) is 4.63. The fourth-order valence-electron chi connectivity index (χ4n) is 2.80. The van der Waals surface area contributed by atoms with Gasteiger partial charge in [-0.05, 0) is 36.9 Å². The van der Waals surface area contributed by atoms with Crippen LogP contribution in [0.1, 0.15) is 23.4 Å². The van der Waals surface area contributed by atoms with Crippen molar-refractivity contribution in [2.75, 3.05) is 18.4 Å². The number of rotatable bonds is 6. The van der Waals surface area contributed by atoms with Gasteiger partial charge >= 0.3 is 5.97 Å². The van der Waals surface area contributed by atoms with Gasteiger partial charge in [0.15, 0.2) is 0 Å². The maximum absolute atomic E-state index is 10.5. The molecule has 7 heteroatoms. The van der Waals surface area contributed by atoms with E-state index in [1.807, 2.05) is 0 Å². The molecule has 3 rings (SSSR count). The van der Waals surface area contributed by atoms with E-state index in [0.717, 1.165) is 44.4 Å². The first-order valence-corrected chi connectivity index (χ1v) is 8.81. The summed E-state index contributed by atoms with van der Waals surface area (Å²) < 4.78 is 0. The Morgan fingerprint density at radius 2 is 2.38 bits per heavy atom. The molecule has 0 aliphatic carbocycles. The highest BCUT2D eigenvalue weighted by atomic mass is 32.1. The molecule has 1 fully saturated rings. The van der Waals surface area contributed by atoms with Gasteiger partial charge in [-0.25, -0.2) is 9.78 Å². The Labute approximate surface area is 144 Å². The average molecular weight is 344 g/mol. The summed E-state index contributed by atoms with van der Waals surface area (Å²) in [4.78, 5) is 22.9. The van der Waals surface area contributed by atoms with Gasteiger partial charge in [0, 0.05) is 30.1 Å². The number of piperidine rings is 1. The fourth-order valence-corrected chi connectivity index (χ4v) is 3.55. The van der Waals surface area contributed by atoms with Crippen molar-refractivity contribution in [2.24, 2.45) is 0 Å². The minimum absolute atomic E-state index is 0.355. The first-order chi connectivity index (χ1) is 11.7. The lowest BCUT2D eigenvalue weighted by molar-refractivity contribution is -0.131. The molecular formula is C17H20N4O2S. The predicted molar refractivity (Wildman–Crippen MR) is 94.9 cm³/mol. The molecule has 0 aromatic carbocycles. The molecule has 0 radical (unpaired) electrons. The number of aliphatic carboxylic acids is 1. The zero-order chi connectivity index (χ0) is 16.8. The number of nitrogens with one attached hydrogen (secondary N) is 1. The van der Waals surface area contributed by atoms with Crippen LogP contribution >= 0.6 is 11.3 Å². The van der Waals surface area contributed by atoms with E-state index in [2.05, 4.69) is 37.7 Å². The summed E-state index contributed by atoms with van der Waals surface area (Å²) in [6.07, 6.45) is 8.00. The normalized spacial score (nSPS) is 18.8. The molecule has 2 aromatic heterocycles. The number of carboxylic acid groups (broad SMARTS) is 1. The summed E-state index contributed by atoms with van der Waals surface area (Å²) >= 11 is 1.80. The van der Waals surface area contributed by atoms with Crippen LogP contribution in [0, 0.1) is 0 Å². The zero-order valence-corrected chi connectivity index (χ0v) is 14.1. The number of hydrogen-bond donors (Lipinski definition) is 2. The monoisotopic (exact) mass is 344 g/mol. The molecule has 0 bridgehead atoms. The Bertz CT molecular complexity index is 685. The highest BCUT2D eigenvalue weighted by Gasteiger charge is 2.20. The smallest absolute Gasteiger partial charge is 0.328 e. The fraction of sp³-hybridized carbons (Fsp3) is 0.353. The lowest BCUT2D eigenvalue weighted by Crippen LogP contribution is -2.41. The van der Waals surface area contributed by atoms with Crippen molar-refractivity contribution in [3.63, 3.8) is 0 Å². The number of carboxylic acids is 1. The summed E-state index contributed by atoms with van der Waals surface area (Å²) in [7, 11) is 0. The second-order valence-electron chi connectivity index (χ2n) is 5.80. The molecule has 6 nitrogen and oxygen atoms in total. The first-order valence-electron chi connectivity index (χ1n) is 7.93. The first kappa shape index (κ1) is 16.6. The van der Waals surface area contributed by atoms with Crippen molar-refractivity contribution in [2.45, 2.75) is 25.4 Å². The standard InChI is InChI=1S/C17H20N4O2S/c22-17(23)6-5-13-9-19-16(10-18-13)20-14-3-1-7-21(11-14)12-15-4-2-8-24-15/h2,4-6,8-10,14H,1,3,7,11-12H2,(H,19,20)(H,22,23)/t14-/m1/s1. The molecule has 126 valence electrons. The molecular weight excluding hydrogens is 324 g/mol. The Balaban J connectivity index is 1.54. The van der Waals surface area contributed by atoms with Crippen LogP contribution in [0.5, 0.6) is 0 Å². The number of anilines is 1. The molecule has 1 aliphatic rings. The maximum atomic E-state index is 10.5.